The molecule has 2 aliphatic rings. The zero-order valence-corrected chi connectivity index (χ0v) is 22.9. The second kappa shape index (κ2) is 10.6. The summed E-state index contributed by atoms with van der Waals surface area (Å²) >= 11 is 6.59. The molecule has 2 atom stereocenters. The maximum absolute atomic E-state index is 13.5. The van der Waals surface area contributed by atoms with Gasteiger partial charge in [0.05, 0.1) is 21.7 Å². The van der Waals surface area contributed by atoms with Gasteiger partial charge in [0.1, 0.15) is 5.82 Å². The highest BCUT2D eigenvalue weighted by molar-refractivity contribution is 6.46. The van der Waals surface area contributed by atoms with Gasteiger partial charge in [0.25, 0.3) is 5.91 Å². The third-order valence-corrected chi connectivity index (χ3v) is 9.04. The lowest BCUT2D eigenvalue weighted by atomic mass is 9.84. The summed E-state index contributed by atoms with van der Waals surface area (Å²) in [4.78, 5) is 42.0. The first-order chi connectivity index (χ1) is 18.1. The molecule has 1 saturated carbocycles. The number of piperidine rings is 1. The number of fused-ring (bicyclic) bond motifs is 1. The van der Waals surface area contributed by atoms with Crippen LogP contribution in [-0.2, 0) is 18.3 Å². The number of hydrogen-bond donors (Lipinski definition) is 0. The highest BCUT2D eigenvalue weighted by atomic mass is 35.5. The van der Waals surface area contributed by atoms with Crippen molar-refractivity contribution in [3.63, 3.8) is 0 Å². The number of aromatic nitrogens is 1. The molecule has 0 N–H and O–H groups in total. The third-order valence-electron chi connectivity index (χ3n) is 8.72. The van der Waals surface area contributed by atoms with Crippen molar-refractivity contribution in [1.82, 2.24) is 9.47 Å². The zero-order chi connectivity index (χ0) is 27.1. The quantitative estimate of drug-likeness (QED) is 0.267. The van der Waals surface area contributed by atoms with E-state index >= 15 is 0 Å². The Morgan fingerprint density at radius 1 is 0.947 bits per heavy atom. The predicted molar refractivity (Wildman–Crippen MR) is 147 cm³/mol. The van der Waals surface area contributed by atoms with Crippen molar-refractivity contribution in [2.75, 3.05) is 13.1 Å². The molecule has 1 aliphatic carbocycles. The molecule has 2 unspecified atom stereocenters. The number of nitrogens with zero attached hydrogens (tertiary/aromatic N) is 2. The Bertz CT molecular complexity index is 1380. The lowest BCUT2D eigenvalue weighted by Gasteiger charge is -2.32. The monoisotopic (exact) mass is 536 g/mol. The molecule has 200 valence electrons. The highest BCUT2D eigenvalue weighted by Gasteiger charge is 2.39. The second-order valence-electron chi connectivity index (χ2n) is 11.3. The fourth-order valence-corrected chi connectivity index (χ4v) is 6.70. The van der Waals surface area contributed by atoms with Crippen molar-refractivity contribution in [1.29, 1.82) is 0 Å². The molecule has 1 saturated heterocycles. The number of ketones is 2. The fourth-order valence-electron chi connectivity index (χ4n) is 6.46. The van der Waals surface area contributed by atoms with Crippen LogP contribution >= 0.6 is 11.6 Å². The second-order valence-corrected chi connectivity index (χ2v) is 11.7. The summed E-state index contributed by atoms with van der Waals surface area (Å²) in [5, 5.41) is 0.920. The van der Waals surface area contributed by atoms with Crippen LogP contribution in [0.5, 0.6) is 0 Å². The molecule has 2 heterocycles. The molecule has 0 spiro atoms. The predicted octanol–water partition coefficient (Wildman–Crippen LogP) is 6.50. The Morgan fingerprint density at radius 3 is 2.21 bits per heavy atom. The van der Waals surface area contributed by atoms with Crippen molar-refractivity contribution < 1.29 is 18.8 Å². The minimum Gasteiger partial charge on any atom is -0.350 e. The maximum Gasteiger partial charge on any atom is 0.255 e. The van der Waals surface area contributed by atoms with E-state index in [9.17, 15) is 18.8 Å². The van der Waals surface area contributed by atoms with Crippen LogP contribution in [-0.4, -0.2) is 40.0 Å². The molecular formula is C31H34ClFN2O3. The molecule has 2 aromatic carbocycles. The van der Waals surface area contributed by atoms with Gasteiger partial charge in [-0.25, -0.2) is 4.39 Å². The molecule has 7 heteroatoms. The first kappa shape index (κ1) is 26.6. The van der Waals surface area contributed by atoms with E-state index in [2.05, 4.69) is 0 Å². The van der Waals surface area contributed by atoms with E-state index in [-0.39, 0.29) is 35.3 Å². The summed E-state index contributed by atoms with van der Waals surface area (Å²) in [5.74, 6) is -0.677. The number of carbonyl (C=O) groups is 3. The van der Waals surface area contributed by atoms with Crippen molar-refractivity contribution in [2.45, 2.75) is 46.0 Å². The first-order valence-electron chi connectivity index (χ1n) is 13.5. The van der Waals surface area contributed by atoms with E-state index in [4.69, 9.17) is 11.6 Å². The summed E-state index contributed by atoms with van der Waals surface area (Å²) < 4.78 is 15.0. The molecule has 1 aliphatic heterocycles. The zero-order valence-electron chi connectivity index (χ0n) is 22.2. The number of benzene rings is 2. The van der Waals surface area contributed by atoms with Gasteiger partial charge in [0.15, 0.2) is 0 Å². The van der Waals surface area contributed by atoms with Crippen LogP contribution < -0.4 is 0 Å². The van der Waals surface area contributed by atoms with Crippen molar-refractivity contribution in [3.8, 4) is 0 Å². The number of halogens is 2. The van der Waals surface area contributed by atoms with E-state index < -0.39 is 5.78 Å². The van der Waals surface area contributed by atoms with Gasteiger partial charge in [0.2, 0.25) is 11.6 Å². The summed E-state index contributed by atoms with van der Waals surface area (Å²) in [6, 6.07) is 10.0. The molecule has 2 fully saturated rings. The number of Topliss-reactive ketones (excluding diaryl/α,β-unsaturated/α-hetero) is 2. The molecule has 3 aromatic rings. The van der Waals surface area contributed by atoms with E-state index in [0.717, 1.165) is 37.7 Å². The topological polar surface area (TPSA) is 59.4 Å². The minimum absolute atomic E-state index is 0.163. The van der Waals surface area contributed by atoms with Crippen LogP contribution in [0.4, 0.5) is 4.39 Å². The Kier molecular flexibility index (Phi) is 7.45. The van der Waals surface area contributed by atoms with Gasteiger partial charge in [-0.3, -0.25) is 14.4 Å². The Hall–Kier alpha value is -2.99. The fraction of sp³-hybridized carbons (Fsp3) is 0.452. The van der Waals surface area contributed by atoms with Crippen molar-refractivity contribution in [3.05, 3.63) is 70.1 Å². The Morgan fingerprint density at radius 2 is 1.58 bits per heavy atom. The molecule has 1 amide bonds. The minimum atomic E-state index is -0.483. The summed E-state index contributed by atoms with van der Waals surface area (Å²) in [7, 11) is 1.81. The SMILES string of the molecule is CC1CCC(C)C1C(=O)C(=O)c1cn(C)c2cc(Cl)c(C(=O)N3CCC(Cc4ccc(F)cc4)CC3)cc12. The largest absolute Gasteiger partial charge is 0.350 e. The Balaban J connectivity index is 1.34. The van der Waals surface area contributed by atoms with Crippen LogP contribution in [0.2, 0.25) is 5.02 Å². The molecule has 38 heavy (non-hydrogen) atoms. The van der Waals surface area contributed by atoms with E-state index in [1.165, 1.54) is 12.1 Å². The molecule has 5 nitrogen and oxygen atoms in total. The summed E-state index contributed by atoms with van der Waals surface area (Å²) in [5.41, 5.74) is 2.50. The highest BCUT2D eigenvalue weighted by Crippen LogP contribution is 2.38. The van der Waals surface area contributed by atoms with Gasteiger partial charge in [-0.1, -0.05) is 37.6 Å². The van der Waals surface area contributed by atoms with Gasteiger partial charge >= 0.3 is 0 Å². The van der Waals surface area contributed by atoms with E-state index in [0.29, 0.717) is 46.1 Å². The first-order valence-corrected chi connectivity index (χ1v) is 13.9. The van der Waals surface area contributed by atoms with E-state index in [1.807, 2.05) is 37.9 Å². The maximum atomic E-state index is 13.5. The standard InChI is InChI=1S/C31H34ClFN2O3/c1-18-4-5-19(2)28(18)30(37)29(36)25-17-34(3)27-16-26(32)24(15-23(25)27)31(38)35-12-10-21(11-13-35)14-20-6-8-22(33)9-7-20/h6-9,15-19,21,28H,4-5,10-14H2,1-3H3. The average molecular weight is 537 g/mol. The van der Waals surface area contributed by atoms with Crippen LogP contribution in [0.15, 0.2) is 42.6 Å². The lowest BCUT2D eigenvalue weighted by Crippen LogP contribution is -2.39. The Labute approximate surface area is 227 Å². The number of aryl methyl sites for hydroxylation is 1. The molecule has 0 bridgehead atoms. The number of likely N-dealkylation sites (tertiary alicyclic amines) is 1. The van der Waals surface area contributed by atoms with Gasteiger partial charge < -0.3 is 9.47 Å². The van der Waals surface area contributed by atoms with Crippen LogP contribution in [0, 0.1) is 29.5 Å². The summed E-state index contributed by atoms with van der Waals surface area (Å²) in [6.07, 6.45) is 6.15. The third kappa shape index (κ3) is 5.03. The smallest absolute Gasteiger partial charge is 0.255 e. The molecule has 5 rings (SSSR count). The van der Waals surface area contributed by atoms with Crippen LogP contribution in [0.3, 0.4) is 0 Å². The number of amides is 1. The number of hydrogen-bond acceptors (Lipinski definition) is 3. The van der Waals surface area contributed by atoms with Gasteiger partial charge in [-0.05, 0) is 79.7 Å². The van der Waals surface area contributed by atoms with Crippen molar-refractivity contribution >= 4 is 40.0 Å². The average Bonchev–Trinajstić information content (AvgIpc) is 3.41. The normalized spacial score (nSPS) is 22.2. The van der Waals surface area contributed by atoms with E-state index in [1.54, 1.807) is 22.9 Å². The van der Waals surface area contributed by atoms with Gasteiger partial charge in [-0.15, -0.1) is 0 Å². The lowest BCUT2D eigenvalue weighted by molar-refractivity contribution is -0.120. The van der Waals surface area contributed by atoms with Crippen LogP contribution in [0.25, 0.3) is 10.9 Å². The molecule has 0 radical (unpaired) electrons. The molecular weight excluding hydrogens is 503 g/mol. The van der Waals surface area contributed by atoms with Gasteiger partial charge in [-0.2, -0.15) is 0 Å². The van der Waals surface area contributed by atoms with Crippen molar-refractivity contribution in [2.24, 2.45) is 30.7 Å². The number of rotatable bonds is 6. The molecule has 1 aromatic heterocycles. The summed E-state index contributed by atoms with van der Waals surface area (Å²) in [6.45, 7) is 5.30. The number of carbonyl (C=O) groups excluding carboxylic acids is 3. The van der Waals surface area contributed by atoms with Crippen LogP contribution in [0.1, 0.15) is 65.8 Å². The van der Waals surface area contributed by atoms with Gasteiger partial charge in [0, 0.05) is 37.6 Å².